The Morgan fingerprint density at radius 3 is 2.48 bits per heavy atom. The molecule has 0 saturated heterocycles. The molecule has 0 aliphatic heterocycles. The Labute approximate surface area is 134 Å². The van der Waals surface area contributed by atoms with Crippen LogP contribution < -0.4 is 5.14 Å². The number of halogens is 2. The molecule has 0 fully saturated rings. The highest BCUT2D eigenvalue weighted by molar-refractivity contribution is 7.89. The predicted octanol–water partition coefficient (Wildman–Crippen LogP) is 3.23. The maximum Gasteiger partial charge on any atom is 0.339 e. The fourth-order valence-corrected chi connectivity index (χ4v) is 3.10. The van der Waals surface area contributed by atoms with Gasteiger partial charge in [0.1, 0.15) is 4.90 Å². The lowest BCUT2D eigenvalue weighted by molar-refractivity contribution is 0.0494. The van der Waals surface area contributed by atoms with E-state index >= 15 is 0 Å². The SMILES string of the molecule is CC(C)CCCOC(=O)c1cc(Cl)cc(S(N)(=O)=O)c1Cl. The summed E-state index contributed by atoms with van der Waals surface area (Å²) in [6.07, 6.45) is 1.63. The minimum absolute atomic E-state index is 0.0394. The molecular weight excluding hydrogens is 337 g/mol. The number of ether oxygens (including phenoxy) is 1. The van der Waals surface area contributed by atoms with Crippen molar-refractivity contribution in [1.29, 1.82) is 0 Å². The minimum atomic E-state index is -4.07. The van der Waals surface area contributed by atoms with Gasteiger partial charge in [-0.2, -0.15) is 0 Å². The van der Waals surface area contributed by atoms with Crippen LogP contribution in [-0.2, 0) is 14.8 Å². The first-order chi connectivity index (χ1) is 9.62. The highest BCUT2D eigenvalue weighted by atomic mass is 35.5. The van der Waals surface area contributed by atoms with Gasteiger partial charge in [-0.15, -0.1) is 0 Å². The largest absolute Gasteiger partial charge is 0.462 e. The van der Waals surface area contributed by atoms with Crippen molar-refractivity contribution in [3.63, 3.8) is 0 Å². The molecule has 0 saturated carbocycles. The van der Waals surface area contributed by atoms with E-state index in [1.54, 1.807) is 0 Å². The summed E-state index contributed by atoms with van der Waals surface area (Å²) in [7, 11) is -4.07. The second kappa shape index (κ2) is 7.45. The van der Waals surface area contributed by atoms with E-state index in [2.05, 4.69) is 13.8 Å². The van der Waals surface area contributed by atoms with Crippen LogP contribution in [0.15, 0.2) is 17.0 Å². The molecule has 0 heterocycles. The van der Waals surface area contributed by atoms with Crippen molar-refractivity contribution >= 4 is 39.2 Å². The van der Waals surface area contributed by atoms with Crippen LogP contribution in [0.5, 0.6) is 0 Å². The minimum Gasteiger partial charge on any atom is -0.462 e. The lowest BCUT2D eigenvalue weighted by Crippen LogP contribution is -2.15. The van der Waals surface area contributed by atoms with Gasteiger partial charge < -0.3 is 4.74 Å². The number of carbonyl (C=O) groups excluding carboxylic acids is 1. The molecule has 1 rings (SSSR count). The summed E-state index contributed by atoms with van der Waals surface area (Å²) in [6, 6.07) is 2.35. The van der Waals surface area contributed by atoms with Gasteiger partial charge in [-0.05, 0) is 30.9 Å². The number of hydrogen-bond acceptors (Lipinski definition) is 4. The number of primary sulfonamides is 1. The Morgan fingerprint density at radius 1 is 1.33 bits per heavy atom. The Balaban J connectivity index is 2.93. The van der Waals surface area contributed by atoms with Crippen LogP contribution in [0.2, 0.25) is 10.0 Å². The molecule has 1 aromatic carbocycles. The predicted molar refractivity (Wildman–Crippen MR) is 82.2 cm³/mol. The Bertz CT molecular complexity index is 629. The van der Waals surface area contributed by atoms with Gasteiger partial charge in [0.25, 0.3) is 0 Å². The van der Waals surface area contributed by atoms with Crippen LogP contribution in [0.25, 0.3) is 0 Å². The van der Waals surface area contributed by atoms with Crippen LogP contribution in [0.3, 0.4) is 0 Å². The molecule has 0 atom stereocenters. The van der Waals surface area contributed by atoms with Crippen molar-refractivity contribution in [2.24, 2.45) is 11.1 Å². The molecule has 0 bridgehead atoms. The Hall–Kier alpha value is -0.820. The summed E-state index contributed by atoms with van der Waals surface area (Å²) in [4.78, 5) is 11.5. The van der Waals surface area contributed by atoms with Crippen LogP contribution in [-0.4, -0.2) is 21.0 Å². The first-order valence-electron chi connectivity index (χ1n) is 6.32. The zero-order valence-electron chi connectivity index (χ0n) is 11.7. The van der Waals surface area contributed by atoms with Crippen molar-refractivity contribution < 1.29 is 17.9 Å². The van der Waals surface area contributed by atoms with Crippen molar-refractivity contribution in [1.82, 2.24) is 0 Å². The molecule has 0 spiro atoms. The van der Waals surface area contributed by atoms with Crippen molar-refractivity contribution in [2.45, 2.75) is 31.6 Å². The molecule has 0 radical (unpaired) electrons. The fraction of sp³-hybridized carbons (Fsp3) is 0.462. The zero-order valence-corrected chi connectivity index (χ0v) is 14.1. The van der Waals surface area contributed by atoms with Gasteiger partial charge in [0.2, 0.25) is 10.0 Å². The third kappa shape index (κ3) is 5.47. The third-order valence-electron chi connectivity index (χ3n) is 2.69. The maximum absolute atomic E-state index is 11.9. The number of carbonyl (C=O) groups is 1. The number of sulfonamides is 1. The summed E-state index contributed by atoms with van der Waals surface area (Å²) in [5.74, 6) is -0.219. The first kappa shape index (κ1) is 18.2. The number of benzene rings is 1. The Morgan fingerprint density at radius 2 is 1.95 bits per heavy atom. The van der Waals surface area contributed by atoms with Gasteiger partial charge in [-0.3, -0.25) is 0 Å². The van der Waals surface area contributed by atoms with E-state index in [1.165, 1.54) is 6.07 Å². The average molecular weight is 354 g/mol. The second-order valence-electron chi connectivity index (χ2n) is 4.98. The molecule has 5 nitrogen and oxygen atoms in total. The first-order valence-corrected chi connectivity index (χ1v) is 8.62. The normalized spacial score (nSPS) is 11.7. The van der Waals surface area contributed by atoms with Gasteiger partial charge in [-0.1, -0.05) is 37.0 Å². The summed E-state index contributed by atoms with van der Waals surface area (Å²) in [6.45, 7) is 4.35. The third-order valence-corrected chi connectivity index (χ3v) is 4.36. The summed E-state index contributed by atoms with van der Waals surface area (Å²) in [5, 5.41) is 4.79. The number of nitrogens with two attached hydrogens (primary N) is 1. The maximum atomic E-state index is 11.9. The van der Waals surface area contributed by atoms with Gasteiger partial charge in [0, 0.05) is 5.02 Å². The van der Waals surface area contributed by atoms with Crippen molar-refractivity contribution in [3.8, 4) is 0 Å². The van der Waals surface area contributed by atoms with E-state index in [4.69, 9.17) is 33.1 Å². The lowest BCUT2D eigenvalue weighted by atomic mass is 10.1. The average Bonchev–Trinajstić information content (AvgIpc) is 2.35. The summed E-state index contributed by atoms with van der Waals surface area (Å²) in [5.41, 5.74) is -0.113. The highest BCUT2D eigenvalue weighted by Gasteiger charge is 2.22. The quantitative estimate of drug-likeness (QED) is 0.628. The molecule has 0 unspecified atom stereocenters. The smallest absolute Gasteiger partial charge is 0.339 e. The van der Waals surface area contributed by atoms with Gasteiger partial charge in [0.15, 0.2) is 0 Å². The van der Waals surface area contributed by atoms with E-state index in [0.29, 0.717) is 12.3 Å². The molecule has 2 N–H and O–H groups in total. The molecule has 0 aromatic heterocycles. The van der Waals surface area contributed by atoms with E-state index in [-0.39, 0.29) is 22.2 Å². The molecule has 0 aliphatic rings. The Kier molecular flexibility index (Phi) is 6.46. The van der Waals surface area contributed by atoms with E-state index in [1.807, 2.05) is 0 Å². The molecular formula is C13H17Cl2NO4S. The lowest BCUT2D eigenvalue weighted by Gasteiger charge is -2.10. The van der Waals surface area contributed by atoms with Gasteiger partial charge in [0.05, 0.1) is 17.2 Å². The molecule has 0 aliphatic carbocycles. The monoisotopic (exact) mass is 353 g/mol. The molecule has 8 heteroatoms. The van der Waals surface area contributed by atoms with Crippen molar-refractivity contribution in [2.75, 3.05) is 6.61 Å². The zero-order chi connectivity index (χ0) is 16.2. The van der Waals surface area contributed by atoms with E-state index < -0.39 is 20.9 Å². The number of rotatable bonds is 6. The van der Waals surface area contributed by atoms with E-state index in [9.17, 15) is 13.2 Å². The molecule has 21 heavy (non-hydrogen) atoms. The molecule has 0 amide bonds. The fourth-order valence-electron chi connectivity index (χ4n) is 1.65. The van der Waals surface area contributed by atoms with Crippen LogP contribution in [0.4, 0.5) is 0 Å². The van der Waals surface area contributed by atoms with Gasteiger partial charge in [-0.25, -0.2) is 18.4 Å². The summed E-state index contributed by atoms with van der Waals surface area (Å²) < 4.78 is 27.9. The van der Waals surface area contributed by atoms with Crippen LogP contribution in [0, 0.1) is 5.92 Å². The van der Waals surface area contributed by atoms with E-state index in [0.717, 1.165) is 12.5 Å². The van der Waals surface area contributed by atoms with Crippen molar-refractivity contribution in [3.05, 3.63) is 27.7 Å². The molecule has 1 aromatic rings. The second-order valence-corrected chi connectivity index (χ2v) is 7.33. The topological polar surface area (TPSA) is 86.5 Å². The number of hydrogen-bond donors (Lipinski definition) is 1. The molecule has 118 valence electrons. The summed E-state index contributed by atoms with van der Waals surface area (Å²) >= 11 is 11.7. The van der Waals surface area contributed by atoms with Gasteiger partial charge >= 0.3 is 5.97 Å². The number of esters is 1. The van der Waals surface area contributed by atoms with Crippen LogP contribution >= 0.6 is 23.2 Å². The standard InChI is InChI=1S/C13H17Cl2NO4S/c1-8(2)4-3-5-20-13(17)10-6-9(14)7-11(12(10)15)21(16,18)19/h6-8H,3-5H2,1-2H3,(H2,16,18,19). The van der Waals surface area contributed by atoms with Crippen LogP contribution in [0.1, 0.15) is 37.0 Å². The highest BCUT2D eigenvalue weighted by Crippen LogP contribution is 2.29.